The fraction of sp³-hybridized carbons (Fsp3) is 0.538. The molecular formula is C13H17BrF3NO2. The van der Waals surface area contributed by atoms with Gasteiger partial charge in [-0.05, 0) is 26.1 Å². The Morgan fingerprint density at radius 1 is 1.30 bits per heavy atom. The highest BCUT2D eigenvalue weighted by Crippen LogP contribution is 2.28. The first-order valence-corrected chi connectivity index (χ1v) is 6.87. The molecule has 0 heterocycles. The van der Waals surface area contributed by atoms with Crippen molar-refractivity contribution < 1.29 is 22.6 Å². The second-order valence-electron chi connectivity index (χ2n) is 4.21. The summed E-state index contributed by atoms with van der Waals surface area (Å²) in [6.45, 7) is 0.667. The SMILES string of the molecule is CNC(C)c1ccc(Br)cc1OCCOCC(F)(F)F. The van der Waals surface area contributed by atoms with Crippen LogP contribution in [0.4, 0.5) is 13.2 Å². The molecule has 1 aromatic carbocycles. The van der Waals surface area contributed by atoms with Crippen molar-refractivity contribution in [1.82, 2.24) is 5.32 Å². The van der Waals surface area contributed by atoms with Crippen LogP contribution in [0.1, 0.15) is 18.5 Å². The average Bonchev–Trinajstić information content (AvgIpc) is 2.36. The molecule has 1 rings (SSSR count). The minimum atomic E-state index is -4.30. The van der Waals surface area contributed by atoms with Gasteiger partial charge in [-0.25, -0.2) is 0 Å². The van der Waals surface area contributed by atoms with Gasteiger partial charge in [0.25, 0.3) is 0 Å². The molecule has 0 saturated carbocycles. The number of alkyl halides is 3. The molecule has 0 fully saturated rings. The van der Waals surface area contributed by atoms with E-state index in [1.807, 2.05) is 26.1 Å². The van der Waals surface area contributed by atoms with Gasteiger partial charge in [-0.15, -0.1) is 0 Å². The molecule has 0 radical (unpaired) electrons. The first-order valence-electron chi connectivity index (χ1n) is 6.07. The Hall–Kier alpha value is -0.790. The minimum absolute atomic E-state index is 0.0654. The van der Waals surface area contributed by atoms with Gasteiger partial charge in [-0.2, -0.15) is 13.2 Å². The first kappa shape index (κ1) is 17.3. The lowest BCUT2D eigenvalue weighted by Gasteiger charge is -2.17. The van der Waals surface area contributed by atoms with E-state index in [-0.39, 0.29) is 19.3 Å². The van der Waals surface area contributed by atoms with Crippen LogP contribution in [-0.2, 0) is 4.74 Å². The molecule has 0 aliphatic carbocycles. The third-order valence-corrected chi connectivity index (χ3v) is 3.12. The van der Waals surface area contributed by atoms with Gasteiger partial charge in [0.15, 0.2) is 0 Å². The fourth-order valence-corrected chi connectivity index (χ4v) is 1.88. The quantitative estimate of drug-likeness (QED) is 0.756. The maximum atomic E-state index is 11.9. The average molecular weight is 356 g/mol. The molecule has 0 aromatic heterocycles. The molecule has 7 heteroatoms. The van der Waals surface area contributed by atoms with Crippen LogP contribution >= 0.6 is 15.9 Å². The summed E-state index contributed by atoms with van der Waals surface area (Å²) in [5, 5.41) is 3.09. The number of halogens is 4. The molecule has 0 bridgehead atoms. The molecule has 1 N–H and O–H groups in total. The lowest BCUT2D eigenvalue weighted by atomic mass is 10.1. The molecule has 114 valence electrons. The molecule has 1 aromatic rings. The van der Waals surface area contributed by atoms with Crippen molar-refractivity contribution in [2.24, 2.45) is 0 Å². The van der Waals surface area contributed by atoms with Crippen LogP contribution in [0.25, 0.3) is 0 Å². The van der Waals surface area contributed by atoms with Crippen molar-refractivity contribution in [3.63, 3.8) is 0 Å². The standard InChI is InChI=1S/C13H17BrF3NO2/c1-9(18-2)11-4-3-10(14)7-12(11)20-6-5-19-8-13(15,16)17/h3-4,7,9,18H,5-6,8H2,1-2H3. The molecule has 0 spiro atoms. The molecule has 1 unspecified atom stereocenters. The summed E-state index contributed by atoms with van der Waals surface area (Å²) < 4.78 is 46.5. The molecular weight excluding hydrogens is 339 g/mol. The Labute approximate surface area is 124 Å². The van der Waals surface area contributed by atoms with E-state index in [0.717, 1.165) is 10.0 Å². The predicted molar refractivity (Wildman–Crippen MR) is 74.0 cm³/mol. The van der Waals surface area contributed by atoms with E-state index in [9.17, 15) is 13.2 Å². The minimum Gasteiger partial charge on any atom is -0.491 e. The summed E-state index contributed by atoms with van der Waals surface area (Å²) in [6.07, 6.45) is -4.30. The van der Waals surface area contributed by atoms with Crippen LogP contribution in [-0.4, -0.2) is 33.0 Å². The fourth-order valence-electron chi connectivity index (χ4n) is 1.54. The topological polar surface area (TPSA) is 30.5 Å². The van der Waals surface area contributed by atoms with E-state index in [2.05, 4.69) is 26.0 Å². The van der Waals surface area contributed by atoms with E-state index in [1.54, 1.807) is 6.07 Å². The lowest BCUT2D eigenvalue weighted by molar-refractivity contribution is -0.175. The van der Waals surface area contributed by atoms with Gasteiger partial charge in [0.05, 0.1) is 6.61 Å². The molecule has 0 aliphatic heterocycles. The van der Waals surface area contributed by atoms with Gasteiger partial charge in [0, 0.05) is 16.1 Å². The maximum Gasteiger partial charge on any atom is 0.411 e. The van der Waals surface area contributed by atoms with Gasteiger partial charge in [-0.1, -0.05) is 22.0 Å². The number of hydrogen-bond donors (Lipinski definition) is 1. The summed E-state index contributed by atoms with van der Waals surface area (Å²) in [7, 11) is 1.82. The number of benzene rings is 1. The molecule has 0 aliphatic rings. The Kier molecular flexibility index (Phi) is 6.78. The van der Waals surface area contributed by atoms with Crippen molar-refractivity contribution in [3.8, 4) is 5.75 Å². The molecule has 0 amide bonds. The van der Waals surface area contributed by atoms with E-state index >= 15 is 0 Å². The summed E-state index contributed by atoms with van der Waals surface area (Å²) in [4.78, 5) is 0. The summed E-state index contributed by atoms with van der Waals surface area (Å²) in [6, 6.07) is 5.65. The van der Waals surface area contributed by atoms with E-state index in [4.69, 9.17) is 4.74 Å². The van der Waals surface area contributed by atoms with Gasteiger partial charge in [-0.3, -0.25) is 0 Å². The smallest absolute Gasteiger partial charge is 0.411 e. The Morgan fingerprint density at radius 3 is 2.60 bits per heavy atom. The van der Waals surface area contributed by atoms with Gasteiger partial charge in [0.1, 0.15) is 19.0 Å². The number of nitrogens with one attached hydrogen (secondary N) is 1. The molecule has 20 heavy (non-hydrogen) atoms. The van der Waals surface area contributed by atoms with Gasteiger partial charge < -0.3 is 14.8 Å². The predicted octanol–water partition coefficient (Wildman–Crippen LogP) is 3.69. The zero-order valence-corrected chi connectivity index (χ0v) is 12.8. The molecule has 1 atom stereocenters. The third-order valence-electron chi connectivity index (χ3n) is 2.63. The van der Waals surface area contributed by atoms with Crippen molar-refractivity contribution in [1.29, 1.82) is 0 Å². The van der Waals surface area contributed by atoms with Crippen LogP contribution < -0.4 is 10.1 Å². The first-order chi connectivity index (χ1) is 9.33. The highest BCUT2D eigenvalue weighted by atomic mass is 79.9. The van der Waals surface area contributed by atoms with Crippen LogP contribution in [0, 0.1) is 0 Å². The second-order valence-corrected chi connectivity index (χ2v) is 5.12. The largest absolute Gasteiger partial charge is 0.491 e. The van der Waals surface area contributed by atoms with Crippen LogP contribution in [0.2, 0.25) is 0 Å². The monoisotopic (exact) mass is 355 g/mol. The highest BCUT2D eigenvalue weighted by Gasteiger charge is 2.27. The van der Waals surface area contributed by atoms with Crippen molar-refractivity contribution in [3.05, 3.63) is 28.2 Å². The zero-order chi connectivity index (χ0) is 15.2. The van der Waals surface area contributed by atoms with Crippen LogP contribution in [0.5, 0.6) is 5.75 Å². The van der Waals surface area contributed by atoms with E-state index < -0.39 is 12.8 Å². The van der Waals surface area contributed by atoms with E-state index in [0.29, 0.717) is 5.75 Å². The highest BCUT2D eigenvalue weighted by molar-refractivity contribution is 9.10. The van der Waals surface area contributed by atoms with Crippen molar-refractivity contribution >= 4 is 15.9 Å². The van der Waals surface area contributed by atoms with Crippen LogP contribution in [0.15, 0.2) is 22.7 Å². The molecule has 3 nitrogen and oxygen atoms in total. The second kappa shape index (κ2) is 7.85. The molecule has 0 saturated heterocycles. The lowest BCUT2D eigenvalue weighted by Crippen LogP contribution is -2.20. The van der Waals surface area contributed by atoms with Crippen molar-refractivity contribution in [2.45, 2.75) is 19.1 Å². The third kappa shape index (κ3) is 6.11. The Bertz CT molecular complexity index is 427. The summed E-state index contributed by atoms with van der Waals surface area (Å²) in [5.74, 6) is 0.622. The Balaban J connectivity index is 2.52. The number of ether oxygens (including phenoxy) is 2. The zero-order valence-electron chi connectivity index (χ0n) is 11.3. The van der Waals surface area contributed by atoms with Crippen LogP contribution in [0.3, 0.4) is 0 Å². The summed E-state index contributed by atoms with van der Waals surface area (Å²) in [5.41, 5.74) is 0.937. The normalized spacial score (nSPS) is 13.3. The maximum absolute atomic E-state index is 11.9. The van der Waals surface area contributed by atoms with Gasteiger partial charge >= 0.3 is 6.18 Å². The number of hydrogen-bond acceptors (Lipinski definition) is 3. The van der Waals surface area contributed by atoms with Crippen molar-refractivity contribution in [2.75, 3.05) is 26.9 Å². The number of rotatable bonds is 7. The summed E-state index contributed by atoms with van der Waals surface area (Å²) >= 11 is 3.34. The van der Waals surface area contributed by atoms with E-state index in [1.165, 1.54) is 0 Å². The Morgan fingerprint density at radius 2 is 2.00 bits per heavy atom. The van der Waals surface area contributed by atoms with Gasteiger partial charge in [0.2, 0.25) is 0 Å².